The molecule has 0 unspecified atom stereocenters. The lowest BCUT2D eigenvalue weighted by molar-refractivity contribution is -0.386. The van der Waals surface area contributed by atoms with Crippen molar-refractivity contribution in [3.63, 3.8) is 0 Å². The van der Waals surface area contributed by atoms with Crippen LogP contribution in [0, 0.1) is 21.4 Å². The van der Waals surface area contributed by atoms with E-state index in [1.54, 1.807) is 6.07 Å². The molecule has 6 nitrogen and oxygen atoms in total. The predicted octanol–water partition coefficient (Wildman–Crippen LogP) is 2.58. The summed E-state index contributed by atoms with van der Waals surface area (Å²) in [6, 6.07) is 3.11. The van der Waals surface area contributed by atoms with E-state index in [2.05, 4.69) is 4.74 Å². The molecule has 0 fully saturated rings. The number of nitro groups is 1. The topological polar surface area (TPSA) is 93.2 Å². The van der Waals surface area contributed by atoms with Gasteiger partial charge in [0.15, 0.2) is 0 Å². The third-order valence-corrected chi connectivity index (χ3v) is 2.18. The molecule has 0 N–H and O–H groups in total. The second-order valence-electron chi connectivity index (χ2n) is 3.35. The number of hydrogen-bond acceptors (Lipinski definition) is 5. The van der Waals surface area contributed by atoms with Crippen molar-refractivity contribution in [3.8, 4) is 6.07 Å². The smallest absolute Gasteiger partial charge is 0.345 e. The number of alkyl halides is 2. The molecule has 100 valence electrons. The van der Waals surface area contributed by atoms with E-state index in [9.17, 15) is 23.7 Å². The summed E-state index contributed by atoms with van der Waals surface area (Å²) >= 11 is 0. The van der Waals surface area contributed by atoms with E-state index in [4.69, 9.17) is 5.26 Å². The second-order valence-corrected chi connectivity index (χ2v) is 3.35. The summed E-state index contributed by atoms with van der Waals surface area (Å²) < 4.78 is 30.1. The number of nitro benzene ring substituents is 1. The average molecular weight is 270 g/mol. The van der Waals surface area contributed by atoms with E-state index < -0.39 is 34.1 Å². The van der Waals surface area contributed by atoms with E-state index in [-0.39, 0.29) is 12.2 Å². The molecule has 0 spiro atoms. The minimum atomic E-state index is -3.18. The van der Waals surface area contributed by atoms with Gasteiger partial charge in [0.25, 0.3) is 12.1 Å². The number of hydrogen-bond donors (Lipinski definition) is 0. The largest absolute Gasteiger partial charge is 0.462 e. The van der Waals surface area contributed by atoms with Crippen LogP contribution in [0.4, 0.5) is 14.5 Å². The number of rotatable bonds is 4. The number of ether oxygens (including phenoxy) is 1. The van der Waals surface area contributed by atoms with Gasteiger partial charge in [-0.1, -0.05) is 0 Å². The lowest BCUT2D eigenvalue weighted by Crippen LogP contribution is -2.11. The molecule has 0 heterocycles. The Kier molecular flexibility index (Phi) is 4.47. The molecule has 0 aromatic heterocycles. The van der Waals surface area contributed by atoms with Crippen molar-refractivity contribution in [1.82, 2.24) is 0 Å². The standard InChI is InChI=1S/C11H8F2N2O4/c1-2-19-11(16)8-4-6(5-14)3-7(10(12)13)9(8)15(17)18/h3-4,10H,2H2,1H3. The summed E-state index contributed by atoms with van der Waals surface area (Å²) in [5.74, 6) is -1.12. The highest BCUT2D eigenvalue weighted by molar-refractivity contribution is 5.95. The van der Waals surface area contributed by atoms with E-state index in [1.165, 1.54) is 6.92 Å². The molecule has 0 atom stereocenters. The molecular formula is C11H8F2N2O4. The molecule has 0 amide bonds. The minimum Gasteiger partial charge on any atom is -0.462 e. The van der Waals surface area contributed by atoms with Gasteiger partial charge in [0.05, 0.1) is 28.7 Å². The molecular weight excluding hydrogens is 262 g/mol. The molecule has 8 heteroatoms. The molecule has 0 aliphatic rings. The molecule has 19 heavy (non-hydrogen) atoms. The summed E-state index contributed by atoms with van der Waals surface area (Å²) in [7, 11) is 0. The third kappa shape index (κ3) is 3.01. The first kappa shape index (κ1) is 14.5. The van der Waals surface area contributed by atoms with Crippen LogP contribution in [0.1, 0.15) is 34.8 Å². The number of halogens is 2. The van der Waals surface area contributed by atoms with Crippen molar-refractivity contribution in [2.75, 3.05) is 6.61 Å². The highest BCUT2D eigenvalue weighted by Crippen LogP contribution is 2.33. The van der Waals surface area contributed by atoms with Crippen molar-refractivity contribution in [3.05, 3.63) is 38.9 Å². The van der Waals surface area contributed by atoms with Gasteiger partial charge in [0, 0.05) is 0 Å². The fourth-order valence-electron chi connectivity index (χ4n) is 1.46. The summed E-state index contributed by atoms with van der Waals surface area (Å²) in [6.45, 7) is 1.39. The van der Waals surface area contributed by atoms with E-state index in [1.807, 2.05) is 0 Å². The van der Waals surface area contributed by atoms with Gasteiger partial charge in [-0.2, -0.15) is 5.26 Å². The van der Waals surface area contributed by atoms with Crippen LogP contribution in [0.3, 0.4) is 0 Å². The molecule has 1 aromatic rings. The fourth-order valence-corrected chi connectivity index (χ4v) is 1.46. The van der Waals surface area contributed by atoms with E-state index in [0.717, 1.165) is 6.07 Å². The number of carbonyl (C=O) groups is 1. The number of esters is 1. The molecule has 0 saturated carbocycles. The summed E-state index contributed by atoms with van der Waals surface area (Å²) in [4.78, 5) is 21.3. The monoisotopic (exact) mass is 270 g/mol. The Hall–Kier alpha value is -2.56. The fraction of sp³-hybridized carbons (Fsp3) is 0.273. The maximum Gasteiger partial charge on any atom is 0.345 e. The van der Waals surface area contributed by atoms with Crippen molar-refractivity contribution in [2.45, 2.75) is 13.3 Å². The first-order valence-electron chi connectivity index (χ1n) is 5.10. The average Bonchev–Trinajstić information content (AvgIpc) is 2.37. The van der Waals surface area contributed by atoms with Crippen LogP contribution >= 0.6 is 0 Å². The highest BCUT2D eigenvalue weighted by atomic mass is 19.3. The second kappa shape index (κ2) is 5.86. The maximum atomic E-state index is 12.8. The van der Waals surface area contributed by atoms with Gasteiger partial charge >= 0.3 is 5.97 Å². The normalized spacial score (nSPS) is 10.1. The third-order valence-electron chi connectivity index (χ3n) is 2.18. The predicted molar refractivity (Wildman–Crippen MR) is 58.7 cm³/mol. The van der Waals surface area contributed by atoms with Gasteiger partial charge in [0.2, 0.25) is 0 Å². The molecule has 1 rings (SSSR count). The summed E-state index contributed by atoms with van der Waals surface area (Å²) in [5, 5.41) is 19.5. The Morgan fingerprint density at radius 3 is 2.63 bits per heavy atom. The first-order chi connectivity index (χ1) is 8.92. The van der Waals surface area contributed by atoms with Crippen LogP contribution < -0.4 is 0 Å². The van der Waals surface area contributed by atoms with Crippen LogP contribution in [-0.4, -0.2) is 17.5 Å². The Bertz CT molecular complexity index is 567. The van der Waals surface area contributed by atoms with E-state index in [0.29, 0.717) is 6.07 Å². The zero-order valence-electron chi connectivity index (χ0n) is 9.72. The van der Waals surface area contributed by atoms with Crippen molar-refractivity contribution in [2.24, 2.45) is 0 Å². The van der Waals surface area contributed by atoms with Gasteiger partial charge < -0.3 is 4.74 Å². The SMILES string of the molecule is CCOC(=O)c1cc(C#N)cc(C(F)F)c1[N+](=O)[O-]. The Balaban J connectivity index is 3.58. The van der Waals surface area contributed by atoms with Crippen LogP contribution in [0.5, 0.6) is 0 Å². The summed E-state index contributed by atoms with van der Waals surface area (Å²) in [6.07, 6.45) is -3.18. The highest BCUT2D eigenvalue weighted by Gasteiger charge is 2.30. The Morgan fingerprint density at radius 2 is 2.21 bits per heavy atom. The number of nitriles is 1. The van der Waals surface area contributed by atoms with Gasteiger partial charge in [-0.05, 0) is 19.1 Å². The quantitative estimate of drug-likeness (QED) is 0.476. The van der Waals surface area contributed by atoms with E-state index >= 15 is 0 Å². The van der Waals surface area contributed by atoms with Crippen LogP contribution in [-0.2, 0) is 4.74 Å². The van der Waals surface area contributed by atoms with Gasteiger partial charge in [-0.25, -0.2) is 13.6 Å². The maximum absolute atomic E-state index is 12.8. The lowest BCUT2D eigenvalue weighted by atomic mass is 10.0. The molecule has 0 bridgehead atoms. The minimum absolute atomic E-state index is 0.0726. The number of carbonyl (C=O) groups excluding carboxylic acids is 1. The molecule has 0 saturated heterocycles. The van der Waals surface area contributed by atoms with Crippen molar-refractivity contribution in [1.29, 1.82) is 5.26 Å². The summed E-state index contributed by atoms with van der Waals surface area (Å²) in [5.41, 5.74) is -2.94. The Labute approximate surface area is 106 Å². The van der Waals surface area contributed by atoms with Crippen LogP contribution in [0.25, 0.3) is 0 Å². The van der Waals surface area contributed by atoms with Gasteiger partial charge in [-0.3, -0.25) is 10.1 Å². The molecule has 0 aliphatic heterocycles. The van der Waals surface area contributed by atoms with Gasteiger partial charge in [0.1, 0.15) is 5.56 Å². The van der Waals surface area contributed by atoms with Crippen LogP contribution in [0.2, 0.25) is 0 Å². The van der Waals surface area contributed by atoms with Crippen LogP contribution in [0.15, 0.2) is 12.1 Å². The Morgan fingerprint density at radius 1 is 1.58 bits per heavy atom. The number of benzene rings is 1. The molecule has 0 aliphatic carbocycles. The van der Waals surface area contributed by atoms with Crippen molar-refractivity contribution >= 4 is 11.7 Å². The number of nitrogens with zero attached hydrogens (tertiary/aromatic N) is 2. The zero-order chi connectivity index (χ0) is 14.6. The molecule has 0 radical (unpaired) electrons. The van der Waals surface area contributed by atoms with Gasteiger partial charge in [-0.15, -0.1) is 0 Å². The van der Waals surface area contributed by atoms with Crippen molar-refractivity contribution < 1.29 is 23.2 Å². The zero-order valence-corrected chi connectivity index (χ0v) is 9.72. The lowest BCUT2D eigenvalue weighted by Gasteiger charge is -2.07. The molecule has 1 aromatic carbocycles. The first-order valence-corrected chi connectivity index (χ1v) is 5.10.